The van der Waals surface area contributed by atoms with Crippen molar-refractivity contribution < 1.29 is 41.8 Å². The number of rotatable bonds is 17. The minimum atomic E-state index is -4.75. The first-order valence-corrected chi connectivity index (χ1v) is 29.1. The summed E-state index contributed by atoms with van der Waals surface area (Å²) in [5.41, 5.74) is 3.76. The number of pyridine rings is 2. The molecule has 3 saturated heterocycles. The van der Waals surface area contributed by atoms with Crippen LogP contribution in [0, 0.1) is 27.3 Å². The van der Waals surface area contributed by atoms with Crippen LogP contribution in [0.5, 0.6) is 23.1 Å². The Bertz CT molecular complexity index is 3340. The number of hydrogen-bond donors (Lipinski definition) is 4. The Kier molecular flexibility index (Phi) is 14.8. The van der Waals surface area contributed by atoms with Crippen LogP contribution in [-0.4, -0.2) is 113 Å². The molecule has 2 unspecified atom stereocenters. The second-order valence-electron chi connectivity index (χ2n) is 23.2. The van der Waals surface area contributed by atoms with Gasteiger partial charge in [0.2, 0.25) is 5.82 Å². The molecule has 2 bridgehead atoms. The van der Waals surface area contributed by atoms with E-state index in [4.69, 9.17) is 14.2 Å². The van der Waals surface area contributed by atoms with Crippen molar-refractivity contribution in [1.82, 2.24) is 29.5 Å². The number of ether oxygens (including phenoxy) is 3. The number of aliphatic hydroxyl groups is 1. The molecule has 18 nitrogen and oxygen atoms in total. The number of benzene rings is 3. The van der Waals surface area contributed by atoms with Crippen molar-refractivity contribution >= 4 is 44.2 Å². The molecule has 418 valence electrons. The lowest BCUT2D eigenvalue weighted by Crippen LogP contribution is -2.61. The number of fused-ring (bicyclic) bond motifs is 3. The van der Waals surface area contributed by atoms with E-state index >= 15 is 4.39 Å². The number of piperidine rings is 1. The van der Waals surface area contributed by atoms with Gasteiger partial charge in [0.15, 0.2) is 5.75 Å². The lowest BCUT2D eigenvalue weighted by Gasteiger charge is -2.60. The number of halogens is 1. The van der Waals surface area contributed by atoms with E-state index in [1.165, 1.54) is 35.9 Å². The fraction of sp³-hybridized carbons (Fsp3) is 0.475. The molecule has 5 fully saturated rings. The van der Waals surface area contributed by atoms with Crippen molar-refractivity contribution in [3.05, 3.63) is 129 Å². The fourth-order valence-corrected chi connectivity index (χ4v) is 14.4. The smallest absolute Gasteiger partial charge is 0.312 e. The Morgan fingerprint density at radius 1 is 0.937 bits per heavy atom. The molecule has 20 heteroatoms. The van der Waals surface area contributed by atoms with Gasteiger partial charge < -0.3 is 34.5 Å². The van der Waals surface area contributed by atoms with Gasteiger partial charge in [-0.1, -0.05) is 50.2 Å². The minimum Gasteiger partial charge on any atom is -0.497 e. The second-order valence-corrected chi connectivity index (χ2v) is 24.9. The molecule has 6 heterocycles. The first kappa shape index (κ1) is 54.1. The van der Waals surface area contributed by atoms with Crippen molar-refractivity contribution in [3.63, 3.8) is 0 Å². The fourth-order valence-electron chi connectivity index (χ4n) is 13.5. The van der Waals surface area contributed by atoms with Gasteiger partial charge in [-0.25, -0.2) is 22.5 Å². The highest BCUT2D eigenvalue weighted by atomic mass is 32.2. The number of H-pyrrole nitrogens is 1. The van der Waals surface area contributed by atoms with Crippen molar-refractivity contribution in [2.75, 3.05) is 50.6 Å². The number of sulfonamides is 1. The second kappa shape index (κ2) is 21.6. The molecule has 5 aliphatic rings. The van der Waals surface area contributed by atoms with E-state index in [-0.39, 0.29) is 69.3 Å². The minimum absolute atomic E-state index is 0.00529. The van der Waals surface area contributed by atoms with Crippen molar-refractivity contribution in [2.24, 2.45) is 11.3 Å². The SMILES string of the molecule is COc1ccc(CN2CCN(C3CC4(CC5CCC(C4)N5c4ccc(C(=O)NS(=O)(=O)c5cnc(NCC6CCC(C)(O)CC6)c([N+](=O)[O-])c5)c(Oc5cc6c(F)c[nH]c6nc5OC)c4)C3)[C@H](c3ccccc3C(C)C)C2)cc1. The lowest BCUT2D eigenvalue weighted by molar-refractivity contribution is -0.384. The molecule has 6 aromatic rings. The Hall–Kier alpha value is -6.87. The summed E-state index contributed by atoms with van der Waals surface area (Å²) in [6.07, 6.45) is 10.9. The topological polar surface area (TPSA) is 218 Å². The molecular weight excluding hydrogens is 1030 g/mol. The van der Waals surface area contributed by atoms with E-state index < -0.39 is 42.9 Å². The van der Waals surface area contributed by atoms with Crippen LogP contribution in [0.2, 0.25) is 0 Å². The molecule has 3 aliphatic heterocycles. The number of nitrogens with zero attached hydrogens (tertiary/aromatic N) is 6. The van der Waals surface area contributed by atoms with Crippen molar-refractivity contribution in [1.29, 1.82) is 0 Å². The quantitative estimate of drug-likeness (QED) is 0.0493. The van der Waals surface area contributed by atoms with Gasteiger partial charge >= 0.3 is 5.69 Å². The van der Waals surface area contributed by atoms with E-state index in [2.05, 4.69) is 89.9 Å². The maximum Gasteiger partial charge on any atom is 0.312 e. The van der Waals surface area contributed by atoms with Gasteiger partial charge in [0.1, 0.15) is 27.9 Å². The van der Waals surface area contributed by atoms with Gasteiger partial charge in [-0.2, -0.15) is 4.98 Å². The summed E-state index contributed by atoms with van der Waals surface area (Å²) in [5, 5.41) is 25.8. The molecule has 79 heavy (non-hydrogen) atoms. The lowest BCUT2D eigenvalue weighted by atomic mass is 9.58. The van der Waals surface area contributed by atoms with Crippen LogP contribution in [0.15, 0.2) is 96.2 Å². The van der Waals surface area contributed by atoms with Crippen LogP contribution in [0.3, 0.4) is 0 Å². The summed E-state index contributed by atoms with van der Waals surface area (Å²) in [7, 11) is -1.67. The van der Waals surface area contributed by atoms with Gasteiger partial charge in [0.05, 0.1) is 41.9 Å². The molecule has 4 N–H and O–H groups in total. The Labute approximate surface area is 460 Å². The number of anilines is 2. The average Bonchev–Trinajstić information content (AvgIpc) is 4.21. The maximum absolute atomic E-state index is 15.0. The third-order valence-electron chi connectivity index (χ3n) is 17.6. The van der Waals surface area contributed by atoms with E-state index in [1.807, 2.05) is 12.1 Å². The van der Waals surface area contributed by atoms with Crippen LogP contribution in [-0.2, 0) is 16.6 Å². The number of piperazine rings is 1. The summed E-state index contributed by atoms with van der Waals surface area (Å²) in [6, 6.07) is 25.8. The van der Waals surface area contributed by atoms with E-state index in [1.54, 1.807) is 26.2 Å². The van der Waals surface area contributed by atoms with Gasteiger partial charge in [0.25, 0.3) is 21.8 Å². The van der Waals surface area contributed by atoms with Gasteiger partial charge in [-0.15, -0.1) is 0 Å². The summed E-state index contributed by atoms with van der Waals surface area (Å²) in [6.45, 7) is 10.5. The van der Waals surface area contributed by atoms with Gasteiger partial charge in [-0.3, -0.25) is 24.7 Å². The number of amides is 1. The maximum atomic E-state index is 15.0. The molecule has 1 amide bonds. The summed E-state index contributed by atoms with van der Waals surface area (Å²) < 4.78 is 62.5. The number of aromatic nitrogens is 3. The largest absolute Gasteiger partial charge is 0.497 e. The molecule has 11 rings (SSSR count). The molecule has 1 spiro atoms. The first-order chi connectivity index (χ1) is 37.9. The Balaban J connectivity index is 0.830. The summed E-state index contributed by atoms with van der Waals surface area (Å²) in [4.78, 5) is 44.4. The third kappa shape index (κ3) is 11.1. The molecule has 3 atom stereocenters. The summed E-state index contributed by atoms with van der Waals surface area (Å²) >= 11 is 0. The number of nitrogens with one attached hydrogen (secondary N) is 3. The molecule has 3 aromatic carbocycles. The highest BCUT2D eigenvalue weighted by Gasteiger charge is 2.56. The van der Waals surface area contributed by atoms with Crippen LogP contribution < -0.4 is 29.1 Å². The van der Waals surface area contributed by atoms with Crippen molar-refractivity contribution in [2.45, 2.75) is 132 Å². The average molecular weight is 1100 g/mol. The van der Waals surface area contributed by atoms with Crippen molar-refractivity contribution in [3.8, 4) is 23.1 Å². The van der Waals surface area contributed by atoms with Crippen LogP contribution in [0.25, 0.3) is 11.0 Å². The number of aromatic amines is 1. The van der Waals surface area contributed by atoms with Crippen LogP contribution in [0.1, 0.15) is 124 Å². The zero-order valence-corrected chi connectivity index (χ0v) is 46.2. The first-order valence-electron chi connectivity index (χ1n) is 27.6. The highest BCUT2D eigenvalue weighted by molar-refractivity contribution is 7.90. The molecule has 0 radical (unpaired) electrons. The molecule has 2 aliphatic carbocycles. The molecular formula is C59H70FN9O9S. The van der Waals surface area contributed by atoms with Crippen LogP contribution >= 0.6 is 0 Å². The Morgan fingerprint density at radius 2 is 1.66 bits per heavy atom. The standard InChI is InChI=1S/C59H70FN9O9S/c1-36(2)45-8-6-7-9-46(45)51-35-66(34-38-10-15-43(76-4)16-11-38)22-23-67(51)42-29-59(30-42)27-40-12-13-41(28-59)68(40)39-14-17-47(52(24-39)78-53-26-48-49(60)33-63-54(48)64-57(53)77-5)56(70)65-79(74,75)44-25-50(69(72)73)55(62-32-44)61-31-37-18-20-58(3,71)21-19-37/h6-11,14-17,24-26,32-33,36-37,40-42,51,71H,12-13,18-23,27-31,34-35H2,1-5H3,(H,61,62)(H,63,64)(H,65,70)/t37?,40?,41?,42?,51-,58?,59?/m0/s1. The predicted molar refractivity (Wildman–Crippen MR) is 298 cm³/mol. The number of carbonyl (C=O) groups is 1. The Morgan fingerprint density at radius 3 is 2.35 bits per heavy atom. The van der Waals surface area contributed by atoms with Gasteiger partial charge in [-0.05, 0) is 129 Å². The third-order valence-corrected chi connectivity index (χ3v) is 18.9. The van der Waals surface area contributed by atoms with Gasteiger partial charge in [0, 0.05) is 87.0 Å². The predicted octanol–water partition coefficient (Wildman–Crippen LogP) is 10.2. The monoisotopic (exact) mass is 1100 g/mol. The number of carbonyl (C=O) groups excluding carboxylic acids is 1. The van der Waals surface area contributed by atoms with E-state index in [9.17, 15) is 28.4 Å². The van der Waals surface area contributed by atoms with Crippen LogP contribution in [0.4, 0.5) is 21.6 Å². The molecule has 3 aromatic heterocycles. The number of nitro groups is 1. The molecule has 2 saturated carbocycles. The number of methoxy groups -OCH3 is 2. The summed E-state index contributed by atoms with van der Waals surface area (Å²) in [5.74, 6) is -0.439. The zero-order chi connectivity index (χ0) is 55.4. The zero-order valence-electron chi connectivity index (χ0n) is 45.4. The normalized spacial score (nSPS) is 25.3. The highest BCUT2D eigenvalue weighted by Crippen LogP contribution is 2.59. The number of hydrogen-bond acceptors (Lipinski definition) is 15. The van der Waals surface area contributed by atoms with E-state index in [0.29, 0.717) is 44.2 Å². The van der Waals surface area contributed by atoms with E-state index in [0.717, 1.165) is 94.6 Å².